The molecule has 0 fully saturated rings. The van der Waals surface area contributed by atoms with Crippen LogP contribution in [0.2, 0.25) is 5.02 Å². The van der Waals surface area contributed by atoms with Gasteiger partial charge in [-0.2, -0.15) is 0 Å². The van der Waals surface area contributed by atoms with E-state index in [0.717, 1.165) is 17.4 Å². The van der Waals surface area contributed by atoms with Crippen molar-refractivity contribution in [3.63, 3.8) is 0 Å². The maximum absolute atomic E-state index is 12.2. The monoisotopic (exact) mass is 295 g/mol. The molecule has 1 aliphatic heterocycles. The highest BCUT2D eigenvalue weighted by atomic mass is 35.5. The van der Waals surface area contributed by atoms with Crippen molar-refractivity contribution in [3.05, 3.63) is 34.3 Å². The van der Waals surface area contributed by atoms with Crippen LogP contribution in [-0.4, -0.2) is 28.9 Å². The molecule has 0 unspecified atom stereocenters. The third-order valence-corrected chi connectivity index (χ3v) is 3.36. The zero-order valence-electron chi connectivity index (χ0n) is 11.9. The van der Waals surface area contributed by atoms with Gasteiger partial charge in [0.2, 0.25) is 0 Å². The summed E-state index contributed by atoms with van der Waals surface area (Å²) < 4.78 is 5.35. The van der Waals surface area contributed by atoms with Crippen molar-refractivity contribution in [1.29, 1.82) is 0 Å². The molecule has 20 heavy (non-hydrogen) atoms. The molecule has 0 spiro atoms. The zero-order valence-corrected chi connectivity index (χ0v) is 12.6. The molecule has 4 nitrogen and oxygen atoms in total. The van der Waals surface area contributed by atoms with Gasteiger partial charge in [0, 0.05) is 11.4 Å². The highest BCUT2D eigenvalue weighted by molar-refractivity contribution is 6.30. The first-order chi connectivity index (χ1) is 9.30. The van der Waals surface area contributed by atoms with Crippen LogP contribution in [0.15, 0.2) is 18.2 Å². The van der Waals surface area contributed by atoms with E-state index in [4.69, 9.17) is 16.3 Å². The summed E-state index contributed by atoms with van der Waals surface area (Å²) in [6, 6.07) is 5.04. The molecule has 1 atom stereocenters. The summed E-state index contributed by atoms with van der Waals surface area (Å²) in [5.74, 6) is 0. The Bertz CT molecular complexity index is 536. The number of benzene rings is 1. The van der Waals surface area contributed by atoms with Gasteiger partial charge in [0.25, 0.3) is 0 Å². The molecule has 1 aliphatic rings. The van der Waals surface area contributed by atoms with E-state index in [1.165, 1.54) is 4.90 Å². The lowest BCUT2D eigenvalue weighted by molar-refractivity contribution is -0.113. The van der Waals surface area contributed by atoms with E-state index in [2.05, 4.69) is 0 Å². The molecular formula is C15H18ClNO3. The largest absolute Gasteiger partial charge is 0.444 e. The molecule has 0 aromatic heterocycles. The molecule has 0 N–H and O–H groups in total. The summed E-state index contributed by atoms with van der Waals surface area (Å²) in [4.78, 5) is 24.9. The van der Waals surface area contributed by atoms with Crippen LogP contribution < -0.4 is 0 Å². The summed E-state index contributed by atoms with van der Waals surface area (Å²) in [5, 5.41) is 0.623. The number of hydrogen-bond donors (Lipinski definition) is 0. The number of carbonyl (C=O) groups is 2. The molecule has 0 aliphatic carbocycles. The van der Waals surface area contributed by atoms with Gasteiger partial charge < -0.3 is 9.53 Å². The first-order valence-electron chi connectivity index (χ1n) is 6.52. The van der Waals surface area contributed by atoms with Gasteiger partial charge in [0.05, 0.1) is 12.6 Å². The summed E-state index contributed by atoms with van der Waals surface area (Å²) in [5.41, 5.74) is 1.42. The van der Waals surface area contributed by atoms with E-state index in [-0.39, 0.29) is 0 Å². The van der Waals surface area contributed by atoms with Crippen LogP contribution >= 0.6 is 11.6 Å². The van der Waals surface area contributed by atoms with Crippen molar-refractivity contribution in [2.45, 2.75) is 45.4 Å². The quantitative estimate of drug-likeness (QED) is 0.748. The van der Waals surface area contributed by atoms with Gasteiger partial charge in [-0.25, -0.2) is 4.79 Å². The molecule has 1 amide bonds. The second-order valence-corrected chi connectivity index (χ2v) is 6.37. The molecular weight excluding hydrogens is 278 g/mol. The van der Waals surface area contributed by atoms with Crippen LogP contribution in [0.5, 0.6) is 0 Å². The van der Waals surface area contributed by atoms with Gasteiger partial charge in [-0.1, -0.05) is 17.7 Å². The third kappa shape index (κ3) is 3.31. The number of rotatable bonds is 1. The lowest BCUT2D eigenvalue weighted by Gasteiger charge is -2.35. The van der Waals surface area contributed by atoms with Crippen molar-refractivity contribution in [2.24, 2.45) is 0 Å². The Kier molecular flexibility index (Phi) is 4.04. The Labute approximate surface area is 123 Å². The molecule has 2 rings (SSSR count). The normalized spacial score (nSPS) is 18.4. The Morgan fingerprint density at radius 2 is 2.10 bits per heavy atom. The van der Waals surface area contributed by atoms with Gasteiger partial charge in [0.15, 0.2) is 0 Å². The molecule has 1 aromatic carbocycles. The minimum Gasteiger partial charge on any atom is -0.444 e. The zero-order chi connectivity index (χ0) is 14.9. The summed E-state index contributed by atoms with van der Waals surface area (Å²) in [6.07, 6.45) is 0.816. The minimum absolute atomic E-state index is 0.341. The SMILES string of the molecule is CC(C)(C)OC(=O)N1Cc2cc(Cl)ccc2C[C@H]1C=O. The topological polar surface area (TPSA) is 46.6 Å². The number of ether oxygens (including phenoxy) is 1. The fraction of sp³-hybridized carbons (Fsp3) is 0.467. The number of hydrogen-bond acceptors (Lipinski definition) is 3. The first-order valence-corrected chi connectivity index (χ1v) is 6.90. The number of fused-ring (bicyclic) bond motifs is 1. The van der Waals surface area contributed by atoms with E-state index in [1.807, 2.05) is 12.1 Å². The predicted molar refractivity (Wildman–Crippen MR) is 76.8 cm³/mol. The fourth-order valence-corrected chi connectivity index (χ4v) is 2.41. The van der Waals surface area contributed by atoms with Crippen LogP contribution in [0.1, 0.15) is 31.9 Å². The standard InChI is InChI=1S/C15H18ClNO3/c1-15(2,3)20-14(19)17-8-11-6-12(16)5-4-10(11)7-13(17)9-18/h4-6,9,13H,7-8H2,1-3H3/t13-/m0/s1. The third-order valence-electron chi connectivity index (χ3n) is 3.12. The number of halogens is 1. The Hall–Kier alpha value is -1.55. The van der Waals surface area contributed by atoms with Gasteiger partial charge in [-0.15, -0.1) is 0 Å². The molecule has 0 saturated carbocycles. The van der Waals surface area contributed by atoms with Gasteiger partial charge in [0.1, 0.15) is 11.9 Å². The maximum atomic E-state index is 12.2. The van der Waals surface area contributed by atoms with Crippen LogP contribution in [0, 0.1) is 0 Å². The molecule has 5 heteroatoms. The molecule has 0 bridgehead atoms. The highest BCUT2D eigenvalue weighted by Gasteiger charge is 2.32. The lowest BCUT2D eigenvalue weighted by Crippen LogP contribution is -2.47. The highest BCUT2D eigenvalue weighted by Crippen LogP contribution is 2.26. The van der Waals surface area contributed by atoms with Crippen molar-refractivity contribution < 1.29 is 14.3 Å². The predicted octanol–water partition coefficient (Wildman–Crippen LogP) is 3.20. The smallest absolute Gasteiger partial charge is 0.411 e. The van der Waals surface area contributed by atoms with Crippen LogP contribution in [0.4, 0.5) is 4.79 Å². The average molecular weight is 296 g/mol. The van der Waals surface area contributed by atoms with Gasteiger partial charge in [-0.05, 0) is 44.0 Å². The second kappa shape index (κ2) is 5.44. The average Bonchev–Trinajstić information content (AvgIpc) is 2.35. The minimum atomic E-state index is -0.584. The van der Waals surface area contributed by atoms with Gasteiger partial charge >= 0.3 is 6.09 Å². The first kappa shape index (κ1) is 14.9. The van der Waals surface area contributed by atoms with E-state index < -0.39 is 17.7 Å². The van der Waals surface area contributed by atoms with E-state index in [9.17, 15) is 9.59 Å². The van der Waals surface area contributed by atoms with Crippen molar-refractivity contribution >= 4 is 24.0 Å². The Balaban J connectivity index is 2.25. The molecule has 108 valence electrons. The van der Waals surface area contributed by atoms with Crippen LogP contribution in [0.25, 0.3) is 0 Å². The van der Waals surface area contributed by atoms with Crippen LogP contribution in [0.3, 0.4) is 0 Å². The maximum Gasteiger partial charge on any atom is 0.411 e. The van der Waals surface area contributed by atoms with Crippen molar-refractivity contribution in [3.8, 4) is 0 Å². The summed E-state index contributed by atoms with van der Waals surface area (Å²) in [6.45, 7) is 5.74. The number of nitrogens with zero attached hydrogens (tertiary/aromatic N) is 1. The Morgan fingerprint density at radius 1 is 1.40 bits per heavy atom. The number of carbonyl (C=O) groups excluding carboxylic acids is 2. The van der Waals surface area contributed by atoms with E-state index in [1.54, 1.807) is 26.8 Å². The fourth-order valence-electron chi connectivity index (χ4n) is 2.22. The van der Waals surface area contributed by atoms with E-state index in [0.29, 0.717) is 18.0 Å². The molecule has 1 heterocycles. The summed E-state index contributed by atoms with van der Waals surface area (Å²) in [7, 11) is 0. The molecule has 0 saturated heterocycles. The van der Waals surface area contributed by atoms with Crippen molar-refractivity contribution in [2.75, 3.05) is 0 Å². The van der Waals surface area contributed by atoms with Gasteiger partial charge in [-0.3, -0.25) is 4.90 Å². The number of amides is 1. The second-order valence-electron chi connectivity index (χ2n) is 5.93. The molecule has 0 radical (unpaired) electrons. The Morgan fingerprint density at radius 3 is 2.70 bits per heavy atom. The lowest BCUT2D eigenvalue weighted by atomic mass is 9.95. The van der Waals surface area contributed by atoms with Crippen LogP contribution in [-0.2, 0) is 22.5 Å². The summed E-state index contributed by atoms with van der Waals surface area (Å²) >= 11 is 5.98. The molecule has 1 aromatic rings. The van der Waals surface area contributed by atoms with E-state index >= 15 is 0 Å². The number of aldehydes is 1. The van der Waals surface area contributed by atoms with Crippen molar-refractivity contribution in [1.82, 2.24) is 4.90 Å².